The van der Waals surface area contributed by atoms with Crippen molar-refractivity contribution >= 4 is 11.9 Å². The summed E-state index contributed by atoms with van der Waals surface area (Å²) in [5.74, 6) is -0.522. The number of hydrogen-bond acceptors (Lipinski definition) is 4. The van der Waals surface area contributed by atoms with Gasteiger partial charge in [0.25, 0.3) is 0 Å². The minimum atomic E-state index is -1.01. The number of ether oxygens (including phenoxy) is 2. The normalized spacial score (nSPS) is 12.7. The van der Waals surface area contributed by atoms with Gasteiger partial charge in [-0.1, -0.05) is 37.3 Å². The molecule has 27 heavy (non-hydrogen) atoms. The molecule has 0 bridgehead atoms. The molecule has 0 aliphatic rings. The second-order valence-corrected chi connectivity index (χ2v) is 6.14. The highest BCUT2D eigenvalue weighted by atomic mass is 16.5. The Hall–Kier alpha value is -3.02. The summed E-state index contributed by atoms with van der Waals surface area (Å²) in [6.45, 7) is 1.93. The van der Waals surface area contributed by atoms with E-state index in [-0.39, 0.29) is 18.2 Å². The molecule has 144 valence electrons. The van der Waals surface area contributed by atoms with Crippen LogP contribution in [0.5, 0.6) is 11.5 Å². The Morgan fingerprint density at radius 2 is 1.78 bits per heavy atom. The molecule has 0 aliphatic heterocycles. The van der Waals surface area contributed by atoms with Crippen LogP contribution in [0.4, 0.5) is 0 Å². The summed E-state index contributed by atoms with van der Waals surface area (Å²) in [4.78, 5) is 24.3. The molecule has 0 radical (unpaired) electrons. The molecule has 2 unspecified atom stereocenters. The van der Waals surface area contributed by atoms with Gasteiger partial charge in [-0.3, -0.25) is 9.59 Å². The molecule has 0 saturated carbocycles. The Morgan fingerprint density at radius 1 is 1.07 bits per heavy atom. The second kappa shape index (κ2) is 9.62. The van der Waals surface area contributed by atoms with Gasteiger partial charge in [-0.2, -0.15) is 0 Å². The molecule has 2 aromatic carbocycles. The number of methoxy groups -OCH3 is 2. The van der Waals surface area contributed by atoms with Gasteiger partial charge in [-0.25, -0.2) is 0 Å². The van der Waals surface area contributed by atoms with Crippen LogP contribution >= 0.6 is 0 Å². The molecule has 0 saturated heterocycles. The van der Waals surface area contributed by atoms with Crippen LogP contribution < -0.4 is 14.8 Å². The lowest BCUT2D eigenvalue weighted by atomic mass is 9.94. The lowest BCUT2D eigenvalue weighted by Gasteiger charge is -2.23. The van der Waals surface area contributed by atoms with Crippen molar-refractivity contribution in [3.63, 3.8) is 0 Å². The Labute approximate surface area is 159 Å². The number of carbonyl (C=O) groups excluding carboxylic acids is 1. The molecular weight excluding hydrogens is 346 g/mol. The van der Waals surface area contributed by atoms with Gasteiger partial charge < -0.3 is 19.9 Å². The van der Waals surface area contributed by atoms with Crippen molar-refractivity contribution in [2.24, 2.45) is 0 Å². The van der Waals surface area contributed by atoms with Gasteiger partial charge in [0.15, 0.2) is 0 Å². The van der Waals surface area contributed by atoms with Crippen LogP contribution in [0.2, 0.25) is 0 Å². The Morgan fingerprint density at radius 3 is 2.33 bits per heavy atom. The van der Waals surface area contributed by atoms with Crippen molar-refractivity contribution in [2.45, 2.75) is 31.7 Å². The van der Waals surface area contributed by atoms with Crippen LogP contribution in [-0.4, -0.2) is 31.2 Å². The molecule has 6 heteroatoms. The van der Waals surface area contributed by atoms with Gasteiger partial charge in [0, 0.05) is 11.6 Å². The summed E-state index contributed by atoms with van der Waals surface area (Å²) >= 11 is 0. The second-order valence-electron chi connectivity index (χ2n) is 6.14. The van der Waals surface area contributed by atoms with Gasteiger partial charge in [0.1, 0.15) is 11.5 Å². The number of rotatable bonds is 9. The molecule has 0 spiro atoms. The highest BCUT2D eigenvalue weighted by Crippen LogP contribution is 2.32. The first-order chi connectivity index (χ1) is 13.0. The van der Waals surface area contributed by atoms with Gasteiger partial charge in [-0.15, -0.1) is 0 Å². The molecule has 0 heterocycles. The fourth-order valence-electron chi connectivity index (χ4n) is 3.05. The smallest absolute Gasteiger partial charge is 0.305 e. The summed E-state index contributed by atoms with van der Waals surface area (Å²) in [6, 6.07) is 13.8. The van der Waals surface area contributed by atoms with E-state index in [1.807, 2.05) is 37.3 Å². The number of hydrogen-bond donors (Lipinski definition) is 2. The third kappa shape index (κ3) is 5.23. The van der Waals surface area contributed by atoms with E-state index in [9.17, 15) is 14.7 Å². The lowest BCUT2D eigenvalue weighted by molar-refractivity contribution is -0.137. The predicted octanol–water partition coefficient (Wildman–Crippen LogP) is 3.53. The van der Waals surface area contributed by atoms with Gasteiger partial charge in [-0.05, 0) is 24.1 Å². The molecule has 0 fully saturated rings. The fourth-order valence-corrected chi connectivity index (χ4v) is 3.05. The maximum absolute atomic E-state index is 12.9. The number of carbonyl (C=O) groups is 2. The highest BCUT2D eigenvalue weighted by Gasteiger charge is 2.26. The summed E-state index contributed by atoms with van der Waals surface area (Å²) in [6.07, 6.45) is 0.356. The van der Waals surface area contributed by atoms with Crippen molar-refractivity contribution in [2.75, 3.05) is 14.2 Å². The highest BCUT2D eigenvalue weighted by molar-refractivity contribution is 5.84. The molecule has 2 atom stereocenters. The van der Waals surface area contributed by atoms with E-state index in [0.717, 1.165) is 5.56 Å². The van der Waals surface area contributed by atoms with Crippen molar-refractivity contribution in [3.8, 4) is 11.5 Å². The quantitative estimate of drug-likeness (QED) is 0.704. The van der Waals surface area contributed by atoms with Gasteiger partial charge in [0.2, 0.25) is 5.91 Å². The standard InChI is InChI=1S/C21H25NO5/c1-4-16(14-8-6-5-7-9-14)21(25)22-18(13-20(23)24)17-11-10-15(26-2)12-19(17)27-3/h5-12,16,18H,4,13H2,1-3H3,(H,22,25)(H,23,24). The number of aliphatic carboxylic acids is 1. The minimum Gasteiger partial charge on any atom is -0.497 e. The van der Waals surface area contributed by atoms with E-state index in [1.165, 1.54) is 14.2 Å². The van der Waals surface area contributed by atoms with E-state index in [4.69, 9.17) is 9.47 Å². The van der Waals surface area contributed by atoms with E-state index < -0.39 is 12.0 Å². The summed E-state index contributed by atoms with van der Waals surface area (Å²) in [5, 5.41) is 12.2. The molecule has 2 rings (SSSR count). The number of carboxylic acid groups (broad SMARTS) is 1. The van der Waals surface area contributed by atoms with E-state index in [2.05, 4.69) is 5.32 Å². The largest absolute Gasteiger partial charge is 0.497 e. The first-order valence-corrected chi connectivity index (χ1v) is 8.79. The van der Waals surface area contributed by atoms with E-state index in [0.29, 0.717) is 23.5 Å². The minimum absolute atomic E-state index is 0.215. The molecule has 2 N–H and O–H groups in total. The lowest BCUT2D eigenvalue weighted by Crippen LogP contribution is -2.34. The maximum Gasteiger partial charge on any atom is 0.305 e. The molecule has 2 aromatic rings. The Balaban J connectivity index is 2.31. The van der Waals surface area contributed by atoms with Crippen molar-refractivity contribution in [1.29, 1.82) is 0 Å². The number of carboxylic acids is 1. The summed E-state index contributed by atoms with van der Waals surface area (Å²) in [7, 11) is 3.04. The van der Waals surface area contributed by atoms with Crippen LogP contribution in [0.1, 0.15) is 42.9 Å². The first kappa shape index (κ1) is 20.3. The Kier molecular flexibility index (Phi) is 7.23. The predicted molar refractivity (Wildman–Crippen MR) is 102 cm³/mol. The Bertz CT molecular complexity index is 775. The van der Waals surface area contributed by atoms with Gasteiger partial charge >= 0.3 is 5.97 Å². The topological polar surface area (TPSA) is 84.9 Å². The maximum atomic E-state index is 12.9. The van der Waals surface area contributed by atoms with Gasteiger partial charge in [0.05, 0.1) is 32.6 Å². The summed E-state index contributed by atoms with van der Waals surface area (Å²) < 4.78 is 10.6. The third-order valence-electron chi connectivity index (χ3n) is 4.44. The van der Waals surface area contributed by atoms with Crippen LogP contribution in [0, 0.1) is 0 Å². The van der Waals surface area contributed by atoms with Crippen LogP contribution in [0.25, 0.3) is 0 Å². The average Bonchev–Trinajstić information content (AvgIpc) is 2.68. The third-order valence-corrected chi connectivity index (χ3v) is 4.44. The SMILES string of the molecule is CCC(C(=O)NC(CC(=O)O)c1ccc(OC)cc1OC)c1ccccc1. The molecule has 1 amide bonds. The average molecular weight is 371 g/mol. The molecule has 0 aliphatic carbocycles. The first-order valence-electron chi connectivity index (χ1n) is 8.79. The number of benzene rings is 2. The van der Waals surface area contributed by atoms with Crippen LogP contribution in [0.3, 0.4) is 0 Å². The monoisotopic (exact) mass is 371 g/mol. The zero-order valence-corrected chi connectivity index (χ0v) is 15.8. The van der Waals surface area contributed by atoms with E-state index in [1.54, 1.807) is 18.2 Å². The molecule has 0 aromatic heterocycles. The molecular formula is C21H25NO5. The zero-order valence-electron chi connectivity index (χ0n) is 15.8. The number of amides is 1. The zero-order chi connectivity index (χ0) is 19.8. The number of nitrogens with one attached hydrogen (secondary N) is 1. The van der Waals surface area contributed by atoms with Crippen molar-refractivity contribution < 1.29 is 24.2 Å². The molecule has 6 nitrogen and oxygen atoms in total. The van der Waals surface area contributed by atoms with Crippen LogP contribution in [-0.2, 0) is 9.59 Å². The fraction of sp³-hybridized carbons (Fsp3) is 0.333. The van der Waals surface area contributed by atoms with Crippen molar-refractivity contribution in [1.82, 2.24) is 5.32 Å². The van der Waals surface area contributed by atoms with E-state index >= 15 is 0 Å². The van der Waals surface area contributed by atoms with Crippen molar-refractivity contribution in [3.05, 3.63) is 59.7 Å². The van der Waals surface area contributed by atoms with Crippen LogP contribution in [0.15, 0.2) is 48.5 Å². The summed E-state index contributed by atoms with van der Waals surface area (Å²) in [5.41, 5.74) is 1.49.